The monoisotopic (exact) mass is 318 g/mol. The standard InChI is InChI=1S/C19H30N2S/c1-2-3-13-21-14-7-10-18(21)16-11-12-19(20-15-16)22-17-8-5-4-6-9-17/h11-12,15,17-18H,2-10,13-14H2,1H3/t18-/m1/s1. The van der Waals surface area contributed by atoms with Gasteiger partial charge in [0.25, 0.3) is 0 Å². The fraction of sp³-hybridized carbons (Fsp3) is 0.737. The maximum absolute atomic E-state index is 4.77. The molecule has 0 spiro atoms. The lowest BCUT2D eigenvalue weighted by atomic mass is 10.0. The molecule has 0 N–H and O–H groups in total. The third-order valence-electron chi connectivity index (χ3n) is 5.15. The Hall–Kier alpha value is -0.540. The highest BCUT2D eigenvalue weighted by molar-refractivity contribution is 7.99. The third-order valence-corrected chi connectivity index (χ3v) is 6.43. The Bertz CT molecular complexity index is 439. The Balaban J connectivity index is 1.58. The molecule has 0 bridgehead atoms. The maximum atomic E-state index is 4.77. The van der Waals surface area contributed by atoms with E-state index in [1.807, 2.05) is 11.8 Å². The van der Waals surface area contributed by atoms with Crippen LogP contribution >= 0.6 is 11.8 Å². The highest BCUT2D eigenvalue weighted by Crippen LogP contribution is 2.35. The SMILES string of the molecule is CCCCN1CCC[C@@H]1c1ccc(SC2CCCCC2)nc1. The smallest absolute Gasteiger partial charge is 0.0962 e. The average molecular weight is 319 g/mol. The molecule has 1 aliphatic carbocycles. The predicted octanol–water partition coefficient (Wildman–Crippen LogP) is 5.44. The number of hydrogen-bond donors (Lipinski definition) is 0. The van der Waals surface area contributed by atoms with Crippen LogP contribution in [0.1, 0.15) is 76.3 Å². The topological polar surface area (TPSA) is 16.1 Å². The van der Waals surface area contributed by atoms with Crippen LogP contribution in [0.15, 0.2) is 23.4 Å². The molecular weight excluding hydrogens is 288 g/mol. The van der Waals surface area contributed by atoms with Gasteiger partial charge in [-0.3, -0.25) is 4.90 Å². The van der Waals surface area contributed by atoms with E-state index in [9.17, 15) is 0 Å². The van der Waals surface area contributed by atoms with E-state index in [1.165, 1.54) is 81.5 Å². The summed E-state index contributed by atoms with van der Waals surface area (Å²) in [5.74, 6) is 0. The lowest BCUT2D eigenvalue weighted by Crippen LogP contribution is -2.24. The Morgan fingerprint density at radius 2 is 2.00 bits per heavy atom. The summed E-state index contributed by atoms with van der Waals surface area (Å²) in [6.45, 7) is 4.80. The number of rotatable bonds is 6. The summed E-state index contributed by atoms with van der Waals surface area (Å²) < 4.78 is 0. The van der Waals surface area contributed by atoms with Crippen LogP contribution in [-0.2, 0) is 0 Å². The van der Waals surface area contributed by atoms with Gasteiger partial charge in [-0.25, -0.2) is 4.98 Å². The van der Waals surface area contributed by atoms with Crippen molar-refractivity contribution in [2.75, 3.05) is 13.1 Å². The minimum atomic E-state index is 0.618. The zero-order chi connectivity index (χ0) is 15.2. The van der Waals surface area contributed by atoms with Gasteiger partial charge in [0.2, 0.25) is 0 Å². The normalized spacial score (nSPS) is 24.0. The summed E-state index contributed by atoms with van der Waals surface area (Å²) in [7, 11) is 0. The van der Waals surface area contributed by atoms with Gasteiger partial charge in [-0.1, -0.05) is 38.7 Å². The number of nitrogens with zero attached hydrogens (tertiary/aromatic N) is 2. The Kier molecular flexibility index (Phi) is 6.20. The van der Waals surface area contributed by atoms with Crippen molar-refractivity contribution in [1.29, 1.82) is 0 Å². The number of thioether (sulfide) groups is 1. The molecule has 2 fully saturated rings. The van der Waals surface area contributed by atoms with Crippen molar-refractivity contribution in [2.24, 2.45) is 0 Å². The largest absolute Gasteiger partial charge is 0.296 e. The molecule has 1 aliphatic heterocycles. The van der Waals surface area contributed by atoms with Crippen molar-refractivity contribution in [3.63, 3.8) is 0 Å². The molecular formula is C19H30N2S. The molecule has 0 aromatic carbocycles. The summed E-state index contributed by atoms with van der Waals surface area (Å²) in [6.07, 6.45) is 14.4. The second-order valence-corrected chi connectivity index (χ2v) is 8.18. The van der Waals surface area contributed by atoms with Gasteiger partial charge in [-0.05, 0) is 56.8 Å². The minimum Gasteiger partial charge on any atom is -0.296 e. The number of pyridine rings is 1. The molecule has 1 aromatic heterocycles. The van der Waals surface area contributed by atoms with Crippen LogP contribution in [0, 0.1) is 0 Å². The quantitative estimate of drug-likeness (QED) is 0.694. The first kappa shape index (κ1) is 16.3. The van der Waals surface area contributed by atoms with Crippen LogP contribution in [0.2, 0.25) is 0 Å². The third kappa shape index (κ3) is 4.26. The first-order valence-corrected chi connectivity index (χ1v) is 10.1. The lowest BCUT2D eigenvalue weighted by molar-refractivity contribution is 0.253. The van der Waals surface area contributed by atoms with Crippen LogP contribution in [0.3, 0.4) is 0 Å². The Morgan fingerprint density at radius 3 is 2.73 bits per heavy atom. The molecule has 1 aromatic rings. The van der Waals surface area contributed by atoms with Gasteiger partial charge in [0.05, 0.1) is 5.03 Å². The number of aromatic nitrogens is 1. The first-order chi connectivity index (χ1) is 10.9. The van der Waals surface area contributed by atoms with Gasteiger partial charge in [-0.2, -0.15) is 0 Å². The molecule has 3 heteroatoms. The summed E-state index contributed by atoms with van der Waals surface area (Å²) >= 11 is 2.01. The molecule has 3 rings (SSSR count). The van der Waals surface area contributed by atoms with Crippen molar-refractivity contribution in [2.45, 2.75) is 81.0 Å². The van der Waals surface area contributed by atoms with Crippen LogP contribution in [0.5, 0.6) is 0 Å². The van der Waals surface area contributed by atoms with Gasteiger partial charge < -0.3 is 0 Å². The molecule has 0 radical (unpaired) electrons. The fourth-order valence-electron chi connectivity index (χ4n) is 3.84. The molecule has 2 heterocycles. The van der Waals surface area contributed by atoms with Gasteiger partial charge in [0, 0.05) is 17.5 Å². The van der Waals surface area contributed by atoms with Crippen molar-refractivity contribution in [1.82, 2.24) is 9.88 Å². The zero-order valence-corrected chi connectivity index (χ0v) is 14.8. The number of likely N-dealkylation sites (tertiary alicyclic amines) is 1. The van der Waals surface area contributed by atoms with Crippen LogP contribution < -0.4 is 0 Å². The summed E-state index contributed by atoms with van der Waals surface area (Å²) in [5.41, 5.74) is 1.43. The second-order valence-electron chi connectivity index (χ2n) is 6.86. The van der Waals surface area contributed by atoms with Crippen LogP contribution in [0.4, 0.5) is 0 Å². The highest BCUT2D eigenvalue weighted by atomic mass is 32.2. The van der Waals surface area contributed by atoms with Gasteiger partial charge in [0.15, 0.2) is 0 Å². The Morgan fingerprint density at radius 1 is 1.14 bits per heavy atom. The average Bonchev–Trinajstić information content (AvgIpc) is 3.03. The lowest BCUT2D eigenvalue weighted by Gasteiger charge is -2.25. The van der Waals surface area contributed by atoms with Gasteiger partial charge in [-0.15, -0.1) is 11.8 Å². The summed E-state index contributed by atoms with van der Waals surface area (Å²) in [6, 6.07) is 5.23. The van der Waals surface area contributed by atoms with Gasteiger partial charge in [0.1, 0.15) is 0 Å². The first-order valence-electron chi connectivity index (χ1n) is 9.23. The zero-order valence-electron chi connectivity index (χ0n) is 14.0. The van der Waals surface area contributed by atoms with E-state index >= 15 is 0 Å². The van der Waals surface area contributed by atoms with Crippen molar-refractivity contribution < 1.29 is 0 Å². The predicted molar refractivity (Wildman–Crippen MR) is 95.4 cm³/mol. The van der Waals surface area contributed by atoms with Crippen LogP contribution in [0.25, 0.3) is 0 Å². The van der Waals surface area contributed by atoms with E-state index in [0.29, 0.717) is 6.04 Å². The molecule has 1 saturated heterocycles. The molecule has 22 heavy (non-hydrogen) atoms. The highest BCUT2D eigenvalue weighted by Gasteiger charge is 2.25. The molecule has 122 valence electrons. The van der Waals surface area contributed by atoms with Gasteiger partial charge >= 0.3 is 0 Å². The molecule has 1 saturated carbocycles. The minimum absolute atomic E-state index is 0.618. The Labute approximate surface area is 140 Å². The van der Waals surface area contributed by atoms with E-state index < -0.39 is 0 Å². The molecule has 2 nitrogen and oxygen atoms in total. The molecule has 0 unspecified atom stereocenters. The summed E-state index contributed by atoms with van der Waals surface area (Å²) in [4.78, 5) is 7.43. The van der Waals surface area contributed by atoms with E-state index in [2.05, 4.69) is 30.2 Å². The maximum Gasteiger partial charge on any atom is 0.0962 e. The number of hydrogen-bond acceptors (Lipinski definition) is 3. The fourth-order valence-corrected chi connectivity index (χ4v) is 5.02. The van der Waals surface area contributed by atoms with Crippen LogP contribution in [-0.4, -0.2) is 28.2 Å². The van der Waals surface area contributed by atoms with Crippen molar-refractivity contribution in [3.8, 4) is 0 Å². The van der Waals surface area contributed by atoms with E-state index in [-0.39, 0.29) is 0 Å². The molecule has 0 amide bonds. The van der Waals surface area contributed by atoms with Crippen molar-refractivity contribution >= 4 is 11.8 Å². The summed E-state index contributed by atoms with van der Waals surface area (Å²) in [5, 5.41) is 2.04. The van der Waals surface area contributed by atoms with Crippen molar-refractivity contribution in [3.05, 3.63) is 23.9 Å². The van der Waals surface area contributed by atoms with E-state index in [1.54, 1.807) is 0 Å². The molecule has 1 atom stereocenters. The number of unbranched alkanes of at least 4 members (excludes halogenated alkanes) is 1. The second kappa shape index (κ2) is 8.35. The van der Waals surface area contributed by atoms with E-state index in [4.69, 9.17) is 4.98 Å². The van der Waals surface area contributed by atoms with E-state index in [0.717, 1.165) is 5.25 Å². The molecule has 2 aliphatic rings.